The fourth-order valence-corrected chi connectivity index (χ4v) is 5.16. The van der Waals surface area contributed by atoms with Gasteiger partial charge in [0.25, 0.3) is 5.91 Å². The van der Waals surface area contributed by atoms with Gasteiger partial charge < -0.3 is 19.7 Å². The van der Waals surface area contributed by atoms with E-state index in [2.05, 4.69) is 30.4 Å². The van der Waals surface area contributed by atoms with E-state index < -0.39 is 0 Å². The van der Waals surface area contributed by atoms with Crippen LogP contribution in [0, 0.1) is 0 Å². The Kier molecular flexibility index (Phi) is 16.1. The number of rotatable bonds is 18. The summed E-state index contributed by atoms with van der Waals surface area (Å²) in [6, 6.07) is 15.8. The predicted molar refractivity (Wildman–Crippen MR) is 164 cm³/mol. The zero-order chi connectivity index (χ0) is 27.7. The summed E-state index contributed by atoms with van der Waals surface area (Å²) in [5.74, 6) is 0.916. The molecule has 0 radical (unpaired) electrons. The number of nitrogens with zero attached hydrogens (tertiary/aromatic N) is 1. The molecule has 0 aliphatic carbocycles. The number of methoxy groups -OCH3 is 1. The van der Waals surface area contributed by atoms with Crippen LogP contribution in [0.25, 0.3) is 0 Å². The Morgan fingerprint density at radius 1 is 0.900 bits per heavy atom. The number of amides is 2. The van der Waals surface area contributed by atoms with Crippen LogP contribution in [0.1, 0.15) is 106 Å². The molecule has 1 heterocycles. The summed E-state index contributed by atoms with van der Waals surface area (Å²) in [5.41, 5.74) is 3.16. The van der Waals surface area contributed by atoms with Crippen molar-refractivity contribution < 1.29 is 19.1 Å². The van der Waals surface area contributed by atoms with Crippen LogP contribution in [0.2, 0.25) is 0 Å². The number of benzene rings is 2. The molecular weight excluding hydrogens is 500 g/mol. The van der Waals surface area contributed by atoms with Crippen LogP contribution in [-0.4, -0.2) is 49.6 Å². The van der Waals surface area contributed by atoms with Crippen molar-refractivity contribution in [2.75, 3.05) is 26.9 Å². The van der Waals surface area contributed by atoms with Gasteiger partial charge in [-0.25, -0.2) is 0 Å². The van der Waals surface area contributed by atoms with Crippen molar-refractivity contribution in [3.63, 3.8) is 0 Å². The van der Waals surface area contributed by atoms with E-state index >= 15 is 0 Å². The lowest BCUT2D eigenvalue weighted by Gasteiger charge is -2.37. The standard InChI is InChI=1S/C33H48N2O4.CH4/c1-3-4-21-34-32(36)20-11-9-7-5-6-8-10-14-22-39-26-30-23-27-16-12-13-17-29(27)25-35(30)33(37)28-18-15-19-31(24-28)38-2;/h12-13,15-19,24,30H,3-11,14,20-23,25-26H2,1-2H3,(H,34,36);1H4. The van der Waals surface area contributed by atoms with E-state index in [0.29, 0.717) is 30.9 Å². The van der Waals surface area contributed by atoms with Gasteiger partial charge in [-0.05, 0) is 55.0 Å². The van der Waals surface area contributed by atoms with Gasteiger partial charge in [-0.15, -0.1) is 0 Å². The second-order valence-corrected chi connectivity index (χ2v) is 10.6. The van der Waals surface area contributed by atoms with E-state index in [1.165, 1.54) is 43.2 Å². The van der Waals surface area contributed by atoms with Crippen molar-refractivity contribution in [1.82, 2.24) is 10.2 Å². The lowest BCUT2D eigenvalue weighted by Crippen LogP contribution is -2.46. The number of ether oxygens (including phenoxy) is 2. The highest BCUT2D eigenvalue weighted by Gasteiger charge is 2.30. The zero-order valence-electron chi connectivity index (χ0n) is 24.1. The fraction of sp³-hybridized carbons (Fsp3) is 0.588. The molecule has 0 saturated heterocycles. The van der Waals surface area contributed by atoms with Crippen molar-refractivity contribution in [3.8, 4) is 5.75 Å². The van der Waals surface area contributed by atoms with E-state index in [9.17, 15) is 9.59 Å². The Morgan fingerprint density at radius 3 is 2.33 bits per heavy atom. The first kappa shape index (κ1) is 33.3. The summed E-state index contributed by atoms with van der Waals surface area (Å²) >= 11 is 0. The Labute approximate surface area is 242 Å². The van der Waals surface area contributed by atoms with Gasteiger partial charge in [0.15, 0.2) is 0 Å². The summed E-state index contributed by atoms with van der Waals surface area (Å²) < 4.78 is 11.4. The first-order valence-electron chi connectivity index (χ1n) is 15.0. The van der Waals surface area contributed by atoms with Gasteiger partial charge in [0.1, 0.15) is 5.75 Å². The lowest BCUT2D eigenvalue weighted by molar-refractivity contribution is -0.121. The molecule has 3 rings (SSSR count). The van der Waals surface area contributed by atoms with Crippen molar-refractivity contribution >= 4 is 11.8 Å². The van der Waals surface area contributed by atoms with Crippen LogP contribution in [-0.2, 0) is 22.5 Å². The Morgan fingerprint density at radius 2 is 1.60 bits per heavy atom. The molecule has 1 aliphatic heterocycles. The average Bonchev–Trinajstić information content (AvgIpc) is 2.97. The fourth-order valence-electron chi connectivity index (χ4n) is 5.16. The molecule has 222 valence electrons. The number of unbranched alkanes of at least 4 members (excludes halogenated alkanes) is 8. The van der Waals surface area contributed by atoms with Crippen molar-refractivity contribution in [1.29, 1.82) is 0 Å². The molecule has 0 spiro atoms. The first-order chi connectivity index (χ1) is 19.1. The Hall–Kier alpha value is -2.86. The number of fused-ring (bicyclic) bond motifs is 1. The van der Waals surface area contributed by atoms with E-state index in [0.717, 1.165) is 51.7 Å². The van der Waals surface area contributed by atoms with Gasteiger partial charge in [-0.1, -0.05) is 89.6 Å². The summed E-state index contributed by atoms with van der Waals surface area (Å²) in [6.45, 7) is 4.83. The van der Waals surface area contributed by atoms with Crippen molar-refractivity contribution in [2.45, 2.75) is 104 Å². The van der Waals surface area contributed by atoms with Gasteiger partial charge in [-0.3, -0.25) is 9.59 Å². The third-order valence-corrected chi connectivity index (χ3v) is 7.54. The van der Waals surface area contributed by atoms with Gasteiger partial charge in [0.2, 0.25) is 5.91 Å². The van der Waals surface area contributed by atoms with Crippen molar-refractivity contribution in [3.05, 3.63) is 65.2 Å². The minimum Gasteiger partial charge on any atom is -0.497 e. The molecule has 6 nitrogen and oxygen atoms in total. The maximum atomic E-state index is 13.5. The maximum absolute atomic E-state index is 13.5. The molecule has 2 aromatic rings. The molecule has 2 amide bonds. The van der Waals surface area contributed by atoms with E-state index in [-0.39, 0.29) is 25.3 Å². The molecular formula is C34H52N2O4. The largest absolute Gasteiger partial charge is 0.497 e. The topological polar surface area (TPSA) is 67.9 Å². The molecule has 0 bridgehead atoms. The smallest absolute Gasteiger partial charge is 0.254 e. The summed E-state index contributed by atoms with van der Waals surface area (Å²) in [7, 11) is 1.62. The minimum absolute atomic E-state index is 0. The molecule has 1 atom stereocenters. The third kappa shape index (κ3) is 11.3. The van der Waals surface area contributed by atoms with Crippen LogP contribution >= 0.6 is 0 Å². The highest BCUT2D eigenvalue weighted by Crippen LogP contribution is 2.26. The maximum Gasteiger partial charge on any atom is 0.254 e. The van der Waals surface area contributed by atoms with E-state index in [1.807, 2.05) is 35.2 Å². The zero-order valence-corrected chi connectivity index (χ0v) is 24.1. The molecule has 1 N–H and O–H groups in total. The lowest BCUT2D eigenvalue weighted by atomic mass is 9.93. The van der Waals surface area contributed by atoms with Crippen LogP contribution in [0.4, 0.5) is 0 Å². The second kappa shape index (κ2) is 19.3. The molecule has 6 heteroatoms. The minimum atomic E-state index is 0. The second-order valence-electron chi connectivity index (χ2n) is 10.6. The molecule has 0 saturated carbocycles. The summed E-state index contributed by atoms with van der Waals surface area (Å²) in [5, 5.41) is 2.99. The van der Waals surface area contributed by atoms with Crippen LogP contribution in [0.3, 0.4) is 0 Å². The van der Waals surface area contributed by atoms with Crippen LogP contribution < -0.4 is 10.1 Å². The Balaban J connectivity index is 0.00000560. The molecule has 1 aliphatic rings. The number of carbonyl (C=O) groups is 2. The first-order valence-corrected chi connectivity index (χ1v) is 15.0. The quantitative estimate of drug-likeness (QED) is 0.196. The van der Waals surface area contributed by atoms with Gasteiger partial charge in [0.05, 0.1) is 19.8 Å². The normalized spacial score (nSPS) is 14.2. The molecule has 40 heavy (non-hydrogen) atoms. The van der Waals surface area contributed by atoms with Crippen LogP contribution in [0.15, 0.2) is 48.5 Å². The third-order valence-electron chi connectivity index (χ3n) is 7.54. The van der Waals surface area contributed by atoms with Gasteiger partial charge >= 0.3 is 0 Å². The highest BCUT2D eigenvalue weighted by atomic mass is 16.5. The monoisotopic (exact) mass is 552 g/mol. The van der Waals surface area contributed by atoms with E-state index in [1.54, 1.807) is 7.11 Å². The average molecular weight is 553 g/mol. The predicted octanol–water partition coefficient (Wildman–Crippen LogP) is 7.34. The molecule has 0 fully saturated rings. The summed E-state index contributed by atoms with van der Waals surface area (Å²) in [4.78, 5) is 27.2. The highest BCUT2D eigenvalue weighted by molar-refractivity contribution is 5.95. The Bertz CT molecular complexity index is 1010. The van der Waals surface area contributed by atoms with Crippen LogP contribution in [0.5, 0.6) is 5.75 Å². The summed E-state index contributed by atoms with van der Waals surface area (Å²) in [6.07, 6.45) is 12.9. The van der Waals surface area contributed by atoms with E-state index in [4.69, 9.17) is 9.47 Å². The van der Waals surface area contributed by atoms with Gasteiger partial charge in [0, 0.05) is 31.7 Å². The number of nitrogens with one attached hydrogen (secondary N) is 1. The molecule has 2 aromatic carbocycles. The molecule has 0 aromatic heterocycles. The number of hydrogen-bond acceptors (Lipinski definition) is 4. The van der Waals surface area contributed by atoms with Gasteiger partial charge in [-0.2, -0.15) is 0 Å². The SMILES string of the molecule is C.CCCCNC(=O)CCCCCCCCCCOCC1Cc2ccccc2CN1C(=O)c1cccc(OC)c1. The number of hydrogen-bond donors (Lipinski definition) is 1. The van der Waals surface area contributed by atoms with Crippen molar-refractivity contribution in [2.24, 2.45) is 0 Å². The molecule has 1 unspecified atom stereocenters. The number of carbonyl (C=O) groups excluding carboxylic acids is 2.